The number of anilines is 3. The number of nitrogens with zero attached hydrogens (tertiary/aromatic N) is 4. The van der Waals surface area contributed by atoms with Gasteiger partial charge in [0.2, 0.25) is 0 Å². The Balaban J connectivity index is 1.88. The lowest BCUT2D eigenvalue weighted by atomic mass is 9.65. The maximum atomic E-state index is 6.52. The van der Waals surface area contributed by atoms with Crippen LogP contribution in [0.1, 0.15) is 59.8 Å². The number of unbranched alkanes of at least 4 members (excludes halogenated alkanes) is 1. The quantitative estimate of drug-likeness (QED) is 0.891. The van der Waals surface area contributed by atoms with Crippen LogP contribution in [-0.4, -0.2) is 36.1 Å². The maximum absolute atomic E-state index is 6.52. The molecule has 1 aromatic rings. The number of nitrogen functional groups attached to an aromatic ring is 1. The standard InChI is InChI=1S/C19H33N5/c1-6-7-8-23(5)16-15(20)17(22-13-21-16)24-12-19(4)10-14(24)9-18(2,3)11-19/h13-14H,6-12,20H2,1-5H3. The molecule has 2 aliphatic rings. The summed E-state index contributed by atoms with van der Waals surface area (Å²) in [6.07, 6.45) is 7.74. The van der Waals surface area contributed by atoms with E-state index < -0.39 is 0 Å². The van der Waals surface area contributed by atoms with Gasteiger partial charge >= 0.3 is 0 Å². The Kier molecular flexibility index (Phi) is 4.39. The zero-order chi connectivity index (χ0) is 17.5. The highest BCUT2D eigenvalue weighted by atomic mass is 15.3. The summed E-state index contributed by atoms with van der Waals surface area (Å²) < 4.78 is 0. The third-order valence-corrected chi connectivity index (χ3v) is 5.74. The van der Waals surface area contributed by atoms with Gasteiger partial charge in [0.1, 0.15) is 12.0 Å². The molecule has 1 saturated heterocycles. The lowest BCUT2D eigenvalue weighted by Crippen LogP contribution is -2.35. The number of nitrogens with two attached hydrogens (primary N) is 1. The van der Waals surface area contributed by atoms with Crippen LogP contribution in [0.2, 0.25) is 0 Å². The molecule has 2 N–H and O–H groups in total. The van der Waals surface area contributed by atoms with E-state index in [2.05, 4.69) is 54.5 Å². The molecule has 5 heteroatoms. The third kappa shape index (κ3) is 3.17. The van der Waals surface area contributed by atoms with Gasteiger partial charge < -0.3 is 15.5 Å². The summed E-state index contributed by atoms with van der Waals surface area (Å²) in [6, 6.07) is 0.546. The highest BCUT2D eigenvalue weighted by Gasteiger charge is 2.50. The molecule has 2 unspecified atom stereocenters. The first-order chi connectivity index (χ1) is 11.2. The molecule has 1 aromatic heterocycles. The smallest absolute Gasteiger partial charge is 0.157 e. The van der Waals surface area contributed by atoms with Gasteiger partial charge in [-0.2, -0.15) is 0 Å². The summed E-state index contributed by atoms with van der Waals surface area (Å²) in [7, 11) is 2.07. The summed E-state index contributed by atoms with van der Waals surface area (Å²) in [6.45, 7) is 11.5. The topological polar surface area (TPSA) is 58.3 Å². The fourth-order valence-electron chi connectivity index (χ4n) is 5.12. The highest BCUT2D eigenvalue weighted by Crippen LogP contribution is 2.54. The van der Waals surface area contributed by atoms with E-state index in [9.17, 15) is 0 Å². The van der Waals surface area contributed by atoms with E-state index >= 15 is 0 Å². The fraction of sp³-hybridized carbons (Fsp3) is 0.789. The van der Waals surface area contributed by atoms with Crippen LogP contribution in [0, 0.1) is 10.8 Å². The normalized spacial score (nSPS) is 28.2. The van der Waals surface area contributed by atoms with E-state index in [1.165, 1.54) is 25.7 Å². The van der Waals surface area contributed by atoms with Crippen LogP contribution in [0.4, 0.5) is 17.3 Å². The van der Waals surface area contributed by atoms with Crippen molar-refractivity contribution in [2.45, 2.75) is 65.8 Å². The molecule has 1 aliphatic carbocycles. The van der Waals surface area contributed by atoms with Gasteiger partial charge in [-0.1, -0.05) is 34.1 Å². The predicted molar refractivity (Wildman–Crippen MR) is 101 cm³/mol. The molecule has 2 heterocycles. The number of hydrogen-bond donors (Lipinski definition) is 1. The number of fused-ring (bicyclic) bond motifs is 2. The molecule has 2 atom stereocenters. The second kappa shape index (κ2) is 6.08. The Morgan fingerprint density at radius 1 is 1.29 bits per heavy atom. The number of aromatic nitrogens is 2. The first kappa shape index (κ1) is 17.3. The molecule has 2 bridgehead atoms. The average molecular weight is 332 g/mol. The molecule has 1 aliphatic heterocycles. The van der Waals surface area contributed by atoms with Crippen molar-refractivity contribution >= 4 is 17.3 Å². The Labute approximate surface area is 146 Å². The summed E-state index contributed by atoms with van der Waals surface area (Å²) in [5.74, 6) is 1.81. The van der Waals surface area contributed by atoms with Crippen molar-refractivity contribution in [3.63, 3.8) is 0 Å². The van der Waals surface area contributed by atoms with Gasteiger partial charge in [-0.25, -0.2) is 9.97 Å². The van der Waals surface area contributed by atoms with Crippen LogP contribution < -0.4 is 15.5 Å². The maximum Gasteiger partial charge on any atom is 0.157 e. The van der Waals surface area contributed by atoms with Crippen molar-refractivity contribution in [1.82, 2.24) is 9.97 Å². The minimum atomic E-state index is 0.373. The fourth-order valence-corrected chi connectivity index (χ4v) is 5.12. The third-order valence-electron chi connectivity index (χ3n) is 5.74. The molecule has 24 heavy (non-hydrogen) atoms. The van der Waals surface area contributed by atoms with Crippen molar-refractivity contribution in [2.75, 3.05) is 35.7 Å². The molecule has 2 fully saturated rings. The van der Waals surface area contributed by atoms with Crippen LogP contribution in [-0.2, 0) is 0 Å². The molecule has 0 spiro atoms. The molecule has 134 valence electrons. The minimum Gasteiger partial charge on any atom is -0.393 e. The van der Waals surface area contributed by atoms with Crippen LogP contribution in [0.3, 0.4) is 0 Å². The highest BCUT2D eigenvalue weighted by molar-refractivity contribution is 5.76. The van der Waals surface area contributed by atoms with Crippen LogP contribution in [0.5, 0.6) is 0 Å². The van der Waals surface area contributed by atoms with E-state index in [1.807, 2.05) is 0 Å². The van der Waals surface area contributed by atoms with Crippen molar-refractivity contribution in [3.05, 3.63) is 6.33 Å². The van der Waals surface area contributed by atoms with Gasteiger partial charge in [0.15, 0.2) is 11.6 Å². The van der Waals surface area contributed by atoms with Crippen molar-refractivity contribution in [3.8, 4) is 0 Å². The molecule has 0 amide bonds. The van der Waals surface area contributed by atoms with Crippen LogP contribution in [0.25, 0.3) is 0 Å². The largest absolute Gasteiger partial charge is 0.393 e. The zero-order valence-electron chi connectivity index (χ0n) is 16.0. The Bertz CT molecular complexity index is 599. The molecule has 0 radical (unpaired) electrons. The minimum absolute atomic E-state index is 0.373. The molecule has 1 saturated carbocycles. The summed E-state index contributed by atoms with van der Waals surface area (Å²) in [5, 5.41) is 0. The average Bonchev–Trinajstić information content (AvgIpc) is 2.74. The van der Waals surface area contributed by atoms with E-state index in [0.29, 0.717) is 16.9 Å². The first-order valence-electron chi connectivity index (χ1n) is 9.33. The number of hydrogen-bond acceptors (Lipinski definition) is 5. The summed E-state index contributed by atoms with van der Waals surface area (Å²) >= 11 is 0. The van der Waals surface area contributed by atoms with E-state index in [4.69, 9.17) is 5.73 Å². The Hall–Kier alpha value is -1.52. The molecular formula is C19H33N5. The van der Waals surface area contributed by atoms with Gasteiger partial charge in [0.25, 0.3) is 0 Å². The zero-order valence-corrected chi connectivity index (χ0v) is 16.0. The van der Waals surface area contributed by atoms with E-state index in [-0.39, 0.29) is 0 Å². The van der Waals surface area contributed by atoms with Gasteiger partial charge in [0, 0.05) is 26.2 Å². The second-order valence-corrected chi connectivity index (χ2v) is 9.05. The lowest BCUT2D eigenvalue weighted by molar-refractivity contribution is 0.136. The van der Waals surface area contributed by atoms with Gasteiger partial charge in [-0.15, -0.1) is 0 Å². The van der Waals surface area contributed by atoms with E-state index in [1.54, 1.807) is 6.33 Å². The Morgan fingerprint density at radius 3 is 2.75 bits per heavy atom. The SMILES string of the molecule is CCCCN(C)c1ncnc(N2CC3(C)CC2CC(C)(C)C3)c1N. The summed E-state index contributed by atoms with van der Waals surface area (Å²) in [5.41, 5.74) is 8.03. The van der Waals surface area contributed by atoms with Crippen molar-refractivity contribution in [1.29, 1.82) is 0 Å². The number of rotatable bonds is 5. The second-order valence-electron chi connectivity index (χ2n) is 9.05. The molecule has 0 aromatic carbocycles. The lowest BCUT2D eigenvalue weighted by Gasteiger charge is -2.39. The monoisotopic (exact) mass is 331 g/mol. The molecule has 5 nitrogen and oxygen atoms in total. The van der Waals surface area contributed by atoms with Gasteiger partial charge in [-0.05, 0) is 36.5 Å². The van der Waals surface area contributed by atoms with Gasteiger partial charge in [-0.3, -0.25) is 0 Å². The van der Waals surface area contributed by atoms with Crippen molar-refractivity contribution in [2.24, 2.45) is 10.8 Å². The summed E-state index contributed by atoms with van der Waals surface area (Å²) in [4.78, 5) is 13.7. The van der Waals surface area contributed by atoms with Crippen LogP contribution in [0.15, 0.2) is 6.33 Å². The van der Waals surface area contributed by atoms with Gasteiger partial charge in [0.05, 0.1) is 0 Å². The van der Waals surface area contributed by atoms with Crippen molar-refractivity contribution < 1.29 is 0 Å². The van der Waals surface area contributed by atoms with E-state index in [0.717, 1.165) is 36.8 Å². The molecular weight excluding hydrogens is 298 g/mol. The predicted octanol–water partition coefficient (Wildman–Crippen LogP) is 3.70. The molecule has 3 rings (SSSR count). The first-order valence-corrected chi connectivity index (χ1v) is 9.33. The van der Waals surface area contributed by atoms with Crippen LogP contribution >= 0.6 is 0 Å². The Morgan fingerprint density at radius 2 is 2.04 bits per heavy atom.